The molecule has 1 N–H and O–H groups in total. The first kappa shape index (κ1) is 26.6. The van der Waals surface area contributed by atoms with Crippen molar-refractivity contribution >= 4 is 18.0 Å². The van der Waals surface area contributed by atoms with Crippen LogP contribution < -0.4 is 4.63 Å². The molecule has 0 aromatic heterocycles. The molecule has 0 saturated carbocycles. The molecule has 0 atom stereocenters. The Labute approximate surface area is 178 Å². The number of hydrogen-bond donors (Lipinski definition) is 1. The first-order valence-corrected chi connectivity index (χ1v) is 10.7. The number of sulfonamides is 1. The third kappa shape index (κ3) is 9.59. The molecule has 2 radical (unpaired) electrons. The van der Waals surface area contributed by atoms with Crippen molar-refractivity contribution in [1.82, 2.24) is 4.63 Å². The lowest BCUT2D eigenvalue weighted by atomic mass is 10.0. The molecular weight excluding hydrogens is 377 g/mol. The maximum atomic E-state index is 11.1. The highest BCUT2D eigenvalue weighted by molar-refractivity contribution is 7.90. The molecule has 0 amide bonds. The zero-order valence-electron chi connectivity index (χ0n) is 17.0. The summed E-state index contributed by atoms with van der Waals surface area (Å²) in [6, 6.07) is 25.5. The van der Waals surface area contributed by atoms with Crippen LogP contribution in [0.1, 0.15) is 38.8 Å². The molecule has 29 heavy (non-hydrogen) atoms. The fourth-order valence-electron chi connectivity index (χ4n) is 2.16. The van der Waals surface area contributed by atoms with Gasteiger partial charge in [-0.05, 0) is 37.1 Å². The van der Waals surface area contributed by atoms with Crippen molar-refractivity contribution in [3.8, 4) is 11.1 Å². The van der Waals surface area contributed by atoms with E-state index >= 15 is 0 Å². The number of aryl methyl sites for hydroxylation is 2. The monoisotopic (exact) mass is 409 g/mol. The minimum absolute atomic E-state index is 0. The molecule has 0 saturated heterocycles. The Balaban J connectivity index is 0.000000464. The Bertz CT molecular complexity index is 907. The summed E-state index contributed by atoms with van der Waals surface area (Å²) >= 11 is 0. The molecule has 3 aromatic carbocycles. The molecule has 0 unspecified atom stereocenters. The summed E-state index contributed by atoms with van der Waals surface area (Å²) in [4.78, 5) is 0.176. The standard InChI is InChI=1S/C13H12.C7H8BNO2S.C3H8.CH4/c1-11-7-9-13(10-8-11)12-5-3-2-4-6-12;1-6-2-4-7(5-3-6)12(10,11)9-8;1-3-2;/h2-10H,1H3;2-5,9H,1H3;3H2,1-2H3;1H4. The van der Waals surface area contributed by atoms with Crippen LogP contribution in [0, 0.1) is 13.8 Å². The van der Waals surface area contributed by atoms with E-state index in [1.807, 2.05) is 13.0 Å². The zero-order valence-corrected chi connectivity index (χ0v) is 17.8. The van der Waals surface area contributed by atoms with Gasteiger partial charge in [0.25, 0.3) is 0 Å². The quantitative estimate of drug-likeness (QED) is 0.534. The van der Waals surface area contributed by atoms with Crippen LogP contribution in [0.25, 0.3) is 11.1 Å². The number of benzene rings is 3. The van der Waals surface area contributed by atoms with E-state index in [2.05, 4.69) is 69.3 Å². The summed E-state index contributed by atoms with van der Waals surface area (Å²) in [6.45, 7) is 8.24. The Morgan fingerprint density at radius 1 is 0.724 bits per heavy atom. The highest BCUT2D eigenvalue weighted by Gasteiger charge is 2.08. The summed E-state index contributed by atoms with van der Waals surface area (Å²) in [6.07, 6.45) is 1.25. The molecule has 3 aromatic rings. The maximum Gasteiger partial charge on any atom is 0.229 e. The molecule has 154 valence electrons. The topological polar surface area (TPSA) is 46.2 Å². The molecule has 0 bridgehead atoms. The van der Waals surface area contributed by atoms with Gasteiger partial charge in [0.1, 0.15) is 0 Å². The van der Waals surface area contributed by atoms with Crippen molar-refractivity contribution in [1.29, 1.82) is 0 Å². The first-order valence-electron chi connectivity index (χ1n) is 9.25. The van der Waals surface area contributed by atoms with E-state index in [0.29, 0.717) is 0 Å². The van der Waals surface area contributed by atoms with Crippen LogP contribution in [-0.4, -0.2) is 16.4 Å². The van der Waals surface area contributed by atoms with E-state index < -0.39 is 10.0 Å². The van der Waals surface area contributed by atoms with Gasteiger partial charge in [0.05, 0.1) is 4.90 Å². The van der Waals surface area contributed by atoms with E-state index in [-0.39, 0.29) is 12.3 Å². The van der Waals surface area contributed by atoms with Crippen LogP contribution in [0.3, 0.4) is 0 Å². The van der Waals surface area contributed by atoms with Crippen molar-refractivity contribution in [2.75, 3.05) is 0 Å². The lowest BCUT2D eigenvalue weighted by Crippen LogP contribution is -2.19. The smallest absolute Gasteiger partial charge is 0.229 e. The van der Waals surface area contributed by atoms with Crippen LogP contribution in [0.2, 0.25) is 0 Å². The fourth-order valence-corrected chi connectivity index (χ4v) is 2.79. The lowest BCUT2D eigenvalue weighted by molar-refractivity contribution is 0.594. The number of rotatable bonds is 3. The Morgan fingerprint density at radius 2 is 1.10 bits per heavy atom. The second kappa shape index (κ2) is 13.8. The van der Waals surface area contributed by atoms with Crippen LogP contribution in [-0.2, 0) is 10.0 Å². The normalized spacial score (nSPS) is 9.79. The van der Waals surface area contributed by atoms with Crippen molar-refractivity contribution in [2.24, 2.45) is 0 Å². The fraction of sp³-hybridized carbons (Fsp3) is 0.250. The summed E-state index contributed by atoms with van der Waals surface area (Å²) in [5.74, 6) is 0. The first-order chi connectivity index (χ1) is 13.3. The Kier molecular flexibility index (Phi) is 12.6. The van der Waals surface area contributed by atoms with Crippen molar-refractivity contribution in [3.63, 3.8) is 0 Å². The molecule has 3 nitrogen and oxygen atoms in total. The van der Waals surface area contributed by atoms with Crippen molar-refractivity contribution < 1.29 is 8.42 Å². The van der Waals surface area contributed by atoms with E-state index in [9.17, 15) is 8.42 Å². The Hall–Kier alpha value is -2.37. The molecule has 0 fully saturated rings. The van der Waals surface area contributed by atoms with Crippen LogP contribution in [0.4, 0.5) is 0 Å². The van der Waals surface area contributed by atoms with Crippen molar-refractivity contribution in [3.05, 3.63) is 90.0 Å². The zero-order chi connectivity index (χ0) is 21.0. The van der Waals surface area contributed by atoms with Crippen LogP contribution in [0.15, 0.2) is 83.8 Å². The number of nitrogens with one attached hydrogen (secondary N) is 1. The summed E-state index contributed by atoms with van der Waals surface area (Å²) in [5, 5.41) is 0. The molecule has 0 heterocycles. The SMILES string of the molecule is C.CCC.Cc1ccc(-c2ccccc2)cc1.[B]NS(=O)(=O)c1ccc(C)cc1. The van der Waals surface area contributed by atoms with Gasteiger partial charge in [-0.15, -0.1) is 0 Å². The third-order valence-corrected chi connectivity index (χ3v) is 4.85. The highest BCUT2D eigenvalue weighted by Crippen LogP contribution is 2.18. The van der Waals surface area contributed by atoms with Gasteiger partial charge in [0, 0.05) is 0 Å². The van der Waals surface area contributed by atoms with Crippen molar-refractivity contribution in [2.45, 2.75) is 46.4 Å². The van der Waals surface area contributed by atoms with Gasteiger partial charge in [0.2, 0.25) is 18.0 Å². The minimum Gasteiger partial charge on any atom is -0.265 e. The molecular formula is C24H32BNO2S. The second-order valence-electron chi connectivity index (χ2n) is 6.37. The average molecular weight is 409 g/mol. The summed E-state index contributed by atoms with van der Waals surface area (Å²) in [7, 11) is 1.35. The van der Waals surface area contributed by atoms with Gasteiger partial charge in [-0.25, -0.2) is 8.42 Å². The predicted molar refractivity (Wildman–Crippen MR) is 127 cm³/mol. The van der Waals surface area contributed by atoms with E-state index in [1.54, 1.807) is 16.8 Å². The van der Waals surface area contributed by atoms with Gasteiger partial charge < -0.3 is 0 Å². The average Bonchev–Trinajstić information content (AvgIpc) is 2.71. The lowest BCUT2D eigenvalue weighted by Gasteiger charge is -2.01. The van der Waals surface area contributed by atoms with E-state index in [4.69, 9.17) is 7.98 Å². The molecule has 3 rings (SSSR count). The molecule has 0 spiro atoms. The van der Waals surface area contributed by atoms with Crippen LogP contribution in [0.5, 0.6) is 0 Å². The molecule has 5 heteroatoms. The largest absolute Gasteiger partial charge is 0.265 e. The van der Waals surface area contributed by atoms with Gasteiger partial charge in [0.15, 0.2) is 0 Å². The van der Waals surface area contributed by atoms with E-state index in [1.165, 1.54) is 35.2 Å². The number of hydrogen-bond acceptors (Lipinski definition) is 2. The third-order valence-electron chi connectivity index (χ3n) is 3.65. The van der Waals surface area contributed by atoms with Gasteiger partial charge in [-0.3, -0.25) is 4.63 Å². The molecule has 0 aliphatic heterocycles. The predicted octanol–water partition coefficient (Wildman–Crippen LogP) is 6.07. The van der Waals surface area contributed by atoms with E-state index in [0.717, 1.165) is 5.56 Å². The summed E-state index contributed by atoms with van der Waals surface area (Å²) < 4.78 is 23.9. The molecule has 0 aliphatic carbocycles. The summed E-state index contributed by atoms with van der Waals surface area (Å²) in [5.41, 5.74) is 4.87. The minimum atomic E-state index is -3.49. The highest BCUT2D eigenvalue weighted by atomic mass is 32.2. The van der Waals surface area contributed by atoms with Gasteiger partial charge in [-0.1, -0.05) is 106 Å². The van der Waals surface area contributed by atoms with Gasteiger partial charge in [-0.2, -0.15) is 0 Å². The van der Waals surface area contributed by atoms with Gasteiger partial charge >= 0.3 is 0 Å². The maximum absolute atomic E-state index is 11.1. The second-order valence-corrected chi connectivity index (χ2v) is 8.09. The Morgan fingerprint density at radius 3 is 1.52 bits per heavy atom. The molecule has 0 aliphatic rings. The van der Waals surface area contributed by atoms with Crippen LogP contribution >= 0.6 is 0 Å².